The molecule has 1 unspecified atom stereocenters. The summed E-state index contributed by atoms with van der Waals surface area (Å²) in [6.07, 6.45) is 0.983. The summed E-state index contributed by atoms with van der Waals surface area (Å²) in [7, 11) is 0. The number of halogens is 1. The average molecular weight is 148 g/mol. The smallest absolute Gasteiger partial charge is 0.149 e. The van der Waals surface area contributed by atoms with Gasteiger partial charge in [0.2, 0.25) is 0 Å². The third kappa shape index (κ3) is 1.58. The molecule has 3 heteroatoms. The number of hydrogen-bond donors (Lipinski definition) is 0. The molecule has 1 aliphatic rings. The van der Waals surface area contributed by atoms with Gasteiger partial charge in [0.1, 0.15) is 11.3 Å². The average Bonchev–Trinajstić information content (AvgIpc) is 2.14. The fraction of sp³-hybridized carbons (Fsp3) is 0.833. The number of rotatable bonds is 1. The Morgan fingerprint density at radius 3 is 2.67 bits per heavy atom. The highest BCUT2D eigenvalue weighted by atomic mass is 35.5. The lowest BCUT2D eigenvalue weighted by molar-refractivity contribution is 0.0521. The molecule has 9 heavy (non-hydrogen) atoms. The van der Waals surface area contributed by atoms with Crippen LogP contribution in [-0.4, -0.2) is 11.3 Å². The highest BCUT2D eigenvalue weighted by molar-refractivity contribution is 6.65. The minimum Gasteiger partial charge on any atom is -0.391 e. The Labute approximate surface area is 59.8 Å². The second kappa shape index (κ2) is 2.56. The summed E-state index contributed by atoms with van der Waals surface area (Å²) >= 11 is 5.58. The van der Waals surface area contributed by atoms with Gasteiger partial charge in [-0.2, -0.15) is 0 Å². The van der Waals surface area contributed by atoms with Gasteiger partial charge in [-0.3, -0.25) is 0 Å². The molecule has 0 aromatic heterocycles. The minimum absolute atomic E-state index is 0.206. The van der Waals surface area contributed by atoms with E-state index in [-0.39, 0.29) is 6.10 Å². The van der Waals surface area contributed by atoms with E-state index in [2.05, 4.69) is 19.0 Å². The number of nitrogens with zero attached hydrogens (tertiary/aromatic N) is 1. The van der Waals surface area contributed by atoms with Crippen molar-refractivity contribution >= 4 is 16.8 Å². The van der Waals surface area contributed by atoms with E-state index in [9.17, 15) is 0 Å². The highest BCUT2D eigenvalue weighted by Crippen LogP contribution is 2.19. The molecule has 2 nitrogen and oxygen atoms in total. The van der Waals surface area contributed by atoms with Crippen LogP contribution in [0.2, 0.25) is 0 Å². The van der Waals surface area contributed by atoms with E-state index in [1.807, 2.05) is 0 Å². The lowest BCUT2D eigenvalue weighted by atomic mass is 10.1. The lowest BCUT2D eigenvalue weighted by Crippen LogP contribution is -2.13. The quantitative estimate of drug-likeness (QED) is 0.556. The van der Waals surface area contributed by atoms with Crippen LogP contribution < -0.4 is 0 Å². The monoisotopic (exact) mass is 147 g/mol. The van der Waals surface area contributed by atoms with E-state index < -0.39 is 0 Å². The van der Waals surface area contributed by atoms with Gasteiger partial charge >= 0.3 is 0 Å². The van der Waals surface area contributed by atoms with Crippen LogP contribution in [0.4, 0.5) is 0 Å². The van der Waals surface area contributed by atoms with Crippen LogP contribution in [0.25, 0.3) is 0 Å². The molecule has 0 amide bonds. The Morgan fingerprint density at radius 2 is 2.44 bits per heavy atom. The van der Waals surface area contributed by atoms with Crippen molar-refractivity contribution in [1.82, 2.24) is 0 Å². The van der Waals surface area contributed by atoms with E-state index in [4.69, 9.17) is 16.4 Å². The second-order valence-corrected chi connectivity index (χ2v) is 3.00. The van der Waals surface area contributed by atoms with E-state index in [0.717, 1.165) is 6.42 Å². The molecule has 0 aliphatic carbocycles. The molecule has 0 N–H and O–H groups in total. The van der Waals surface area contributed by atoms with Crippen molar-refractivity contribution in [3.05, 3.63) is 0 Å². The van der Waals surface area contributed by atoms with Crippen molar-refractivity contribution in [3.8, 4) is 0 Å². The van der Waals surface area contributed by atoms with Crippen molar-refractivity contribution < 1.29 is 4.84 Å². The van der Waals surface area contributed by atoms with Crippen LogP contribution in [0.3, 0.4) is 0 Å². The summed E-state index contributed by atoms with van der Waals surface area (Å²) < 4.78 is 0. The highest BCUT2D eigenvalue weighted by Gasteiger charge is 2.22. The van der Waals surface area contributed by atoms with Crippen LogP contribution in [0.15, 0.2) is 5.16 Å². The van der Waals surface area contributed by atoms with Gasteiger partial charge in [-0.05, 0) is 5.92 Å². The first-order valence-corrected chi connectivity index (χ1v) is 3.46. The molecule has 1 atom stereocenters. The first-order chi connectivity index (χ1) is 4.20. The Morgan fingerprint density at radius 1 is 1.78 bits per heavy atom. The molecular weight excluding hydrogens is 138 g/mol. The molecule has 0 aromatic rings. The summed E-state index contributed by atoms with van der Waals surface area (Å²) in [5, 5.41) is 4.21. The summed E-state index contributed by atoms with van der Waals surface area (Å²) in [6.45, 7) is 4.19. The van der Waals surface area contributed by atoms with Crippen LogP contribution in [-0.2, 0) is 4.84 Å². The molecule has 52 valence electrons. The van der Waals surface area contributed by atoms with Gasteiger partial charge in [0, 0.05) is 6.42 Å². The fourth-order valence-electron chi connectivity index (χ4n) is 0.723. The van der Waals surface area contributed by atoms with E-state index in [1.54, 1.807) is 0 Å². The van der Waals surface area contributed by atoms with Crippen molar-refractivity contribution in [2.75, 3.05) is 0 Å². The van der Waals surface area contributed by atoms with E-state index >= 15 is 0 Å². The summed E-state index contributed by atoms with van der Waals surface area (Å²) in [5.74, 6) is 0.505. The standard InChI is InChI=1S/C6H10ClNO/c1-4(2)5-3-6(7)8-9-5/h4-5H,3H2,1-2H3. The molecule has 0 saturated heterocycles. The Hall–Kier alpha value is -0.240. The van der Waals surface area contributed by atoms with Crippen molar-refractivity contribution in [2.24, 2.45) is 11.1 Å². The van der Waals surface area contributed by atoms with Crippen LogP contribution in [0.1, 0.15) is 20.3 Å². The van der Waals surface area contributed by atoms with Crippen LogP contribution in [0.5, 0.6) is 0 Å². The van der Waals surface area contributed by atoms with Crippen molar-refractivity contribution in [1.29, 1.82) is 0 Å². The Bertz CT molecular complexity index is 133. The van der Waals surface area contributed by atoms with Crippen molar-refractivity contribution in [3.63, 3.8) is 0 Å². The maximum atomic E-state index is 5.58. The normalized spacial score (nSPS) is 26.2. The van der Waals surface area contributed by atoms with Gasteiger partial charge in [0.15, 0.2) is 0 Å². The van der Waals surface area contributed by atoms with Crippen LogP contribution in [0, 0.1) is 5.92 Å². The maximum absolute atomic E-state index is 5.58. The Balaban J connectivity index is 2.37. The molecule has 0 fully saturated rings. The molecule has 1 heterocycles. The maximum Gasteiger partial charge on any atom is 0.149 e. The molecule has 0 aromatic carbocycles. The largest absolute Gasteiger partial charge is 0.391 e. The minimum atomic E-state index is 0.206. The van der Waals surface area contributed by atoms with E-state index in [0.29, 0.717) is 11.1 Å². The number of hydrogen-bond acceptors (Lipinski definition) is 2. The van der Waals surface area contributed by atoms with Crippen molar-refractivity contribution in [2.45, 2.75) is 26.4 Å². The molecule has 1 rings (SSSR count). The zero-order valence-electron chi connectivity index (χ0n) is 5.60. The fourth-order valence-corrected chi connectivity index (χ4v) is 0.915. The van der Waals surface area contributed by atoms with Gasteiger partial charge < -0.3 is 4.84 Å². The van der Waals surface area contributed by atoms with Crippen LogP contribution >= 0.6 is 11.6 Å². The predicted molar refractivity (Wildman–Crippen MR) is 37.6 cm³/mol. The first kappa shape index (κ1) is 6.87. The molecule has 0 bridgehead atoms. The SMILES string of the molecule is CC(C)C1CC(Cl)=NO1. The van der Waals surface area contributed by atoms with Gasteiger partial charge in [0.05, 0.1) is 0 Å². The van der Waals surface area contributed by atoms with Gasteiger partial charge in [0.25, 0.3) is 0 Å². The molecule has 0 radical (unpaired) electrons. The second-order valence-electron chi connectivity index (χ2n) is 2.56. The summed E-state index contributed by atoms with van der Waals surface area (Å²) in [5.41, 5.74) is 0. The summed E-state index contributed by atoms with van der Waals surface area (Å²) in [4.78, 5) is 4.98. The lowest BCUT2D eigenvalue weighted by Gasteiger charge is -2.09. The van der Waals surface area contributed by atoms with Gasteiger partial charge in [-0.15, -0.1) is 0 Å². The Kier molecular flexibility index (Phi) is 1.96. The zero-order chi connectivity index (χ0) is 6.85. The topological polar surface area (TPSA) is 21.6 Å². The van der Waals surface area contributed by atoms with Gasteiger partial charge in [-0.1, -0.05) is 30.6 Å². The third-order valence-electron chi connectivity index (χ3n) is 1.40. The van der Waals surface area contributed by atoms with E-state index in [1.165, 1.54) is 0 Å². The molecular formula is C6H10ClNO. The van der Waals surface area contributed by atoms with Gasteiger partial charge in [-0.25, -0.2) is 0 Å². The third-order valence-corrected chi connectivity index (χ3v) is 1.62. The molecule has 1 aliphatic heterocycles. The molecule has 0 saturated carbocycles. The number of oxime groups is 1. The summed E-state index contributed by atoms with van der Waals surface area (Å²) in [6, 6.07) is 0. The first-order valence-electron chi connectivity index (χ1n) is 3.08. The zero-order valence-corrected chi connectivity index (χ0v) is 6.35. The molecule has 0 spiro atoms. The predicted octanol–water partition coefficient (Wildman–Crippen LogP) is 1.98.